The molecule has 126 valence electrons. The van der Waals surface area contributed by atoms with Crippen molar-refractivity contribution in [3.8, 4) is 11.5 Å². The van der Waals surface area contributed by atoms with E-state index in [1.807, 2.05) is 17.1 Å². The molecule has 5 nitrogen and oxygen atoms in total. The molecule has 1 aliphatic carbocycles. The van der Waals surface area contributed by atoms with Gasteiger partial charge in [0.15, 0.2) is 11.5 Å². The number of hydrogen-bond donors (Lipinski definition) is 2. The molecule has 4 rings (SSSR count). The van der Waals surface area contributed by atoms with Gasteiger partial charge in [-0.3, -0.25) is 4.79 Å². The van der Waals surface area contributed by atoms with E-state index in [2.05, 4.69) is 10.6 Å². The SMILES string of the molecule is O=C(N[C@H]1CC[C@H]1NC1CCSCC1)c1scc2c1OCCO2. The van der Waals surface area contributed by atoms with E-state index in [0.717, 1.165) is 12.8 Å². The zero-order valence-electron chi connectivity index (χ0n) is 13.0. The summed E-state index contributed by atoms with van der Waals surface area (Å²) in [4.78, 5) is 13.2. The Morgan fingerprint density at radius 2 is 1.87 bits per heavy atom. The Labute approximate surface area is 144 Å². The van der Waals surface area contributed by atoms with Crippen molar-refractivity contribution in [3.63, 3.8) is 0 Å². The number of thioether (sulfide) groups is 1. The Balaban J connectivity index is 1.34. The summed E-state index contributed by atoms with van der Waals surface area (Å²) in [6.45, 7) is 1.07. The lowest BCUT2D eigenvalue weighted by molar-refractivity contribution is 0.0883. The van der Waals surface area contributed by atoms with Crippen LogP contribution in [0.4, 0.5) is 0 Å². The van der Waals surface area contributed by atoms with Crippen LogP contribution in [0.25, 0.3) is 0 Å². The average Bonchev–Trinajstić information content (AvgIpc) is 3.01. The number of carbonyl (C=O) groups is 1. The van der Waals surface area contributed by atoms with Gasteiger partial charge in [0, 0.05) is 23.5 Å². The lowest BCUT2D eigenvalue weighted by atomic mass is 9.85. The molecule has 2 atom stereocenters. The summed E-state index contributed by atoms with van der Waals surface area (Å²) in [7, 11) is 0. The number of hydrogen-bond acceptors (Lipinski definition) is 6. The number of carbonyl (C=O) groups excluding carboxylic acids is 1. The first-order valence-electron chi connectivity index (χ1n) is 8.33. The van der Waals surface area contributed by atoms with Crippen molar-refractivity contribution in [2.75, 3.05) is 24.7 Å². The molecule has 0 bridgehead atoms. The van der Waals surface area contributed by atoms with Crippen LogP contribution in [-0.4, -0.2) is 48.8 Å². The summed E-state index contributed by atoms with van der Waals surface area (Å²) in [5.41, 5.74) is 0. The first-order valence-corrected chi connectivity index (χ1v) is 10.4. The van der Waals surface area contributed by atoms with Gasteiger partial charge in [-0.2, -0.15) is 11.8 Å². The van der Waals surface area contributed by atoms with Crippen LogP contribution >= 0.6 is 23.1 Å². The minimum atomic E-state index is -0.0301. The van der Waals surface area contributed by atoms with Gasteiger partial charge < -0.3 is 20.1 Å². The van der Waals surface area contributed by atoms with Gasteiger partial charge in [-0.15, -0.1) is 11.3 Å². The highest BCUT2D eigenvalue weighted by atomic mass is 32.2. The fraction of sp³-hybridized carbons (Fsp3) is 0.688. The minimum absolute atomic E-state index is 0.0301. The van der Waals surface area contributed by atoms with Crippen molar-refractivity contribution < 1.29 is 14.3 Å². The monoisotopic (exact) mass is 354 g/mol. The highest BCUT2D eigenvalue weighted by Crippen LogP contribution is 2.39. The predicted octanol–water partition coefficient (Wildman–Crippen LogP) is 2.27. The van der Waals surface area contributed by atoms with E-state index in [9.17, 15) is 4.79 Å². The Kier molecular flexibility index (Phi) is 4.68. The smallest absolute Gasteiger partial charge is 0.265 e. The molecule has 0 aromatic carbocycles. The van der Waals surface area contributed by atoms with Crippen LogP contribution in [0.3, 0.4) is 0 Å². The van der Waals surface area contributed by atoms with E-state index >= 15 is 0 Å². The highest BCUT2D eigenvalue weighted by Gasteiger charge is 2.35. The molecule has 1 aromatic rings. The highest BCUT2D eigenvalue weighted by molar-refractivity contribution is 7.99. The topological polar surface area (TPSA) is 59.6 Å². The van der Waals surface area contributed by atoms with E-state index in [0.29, 0.717) is 41.7 Å². The maximum absolute atomic E-state index is 12.6. The Hall–Kier alpha value is -0.920. The number of fused-ring (bicyclic) bond motifs is 1. The average molecular weight is 354 g/mol. The van der Waals surface area contributed by atoms with Crippen molar-refractivity contribution in [3.05, 3.63) is 10.3 Å². The van der Waals surface area contributed by atoms with Crippen molar-refractivity contribution in [1.29, 1.82) is 0 Å². The maximum Gasteiger partial charge on any atom is 0.265 e. The summed E-state index contributed by atoms with van der Waals surface area (Å²) in [6.07, 6.45) is 4.68. The molecule has 2 aliphatic heterocycles. The Bertz CT molecular complexity index is 572. The molecule has 1 amide bonds. The van der Waals surface area contributed by atoms with Gasteiger partial charge in [-0.1, -0.05) is 0 Å². The Morgan fingerprint density at radius 3 is 2.65 bits per heavy atom. The summed E-state index contributed by atoms with van der Waals surface area (Å²) in [6, 6.07) is 1.27. The fourth-order valence-corrected chi connectivity index (χ4v) is 5.23. The fourth-order valence-electron chi connectivity index (χ4n) is 3.29. The first-order chi connectivity index (χ1) is 11.3. The molecule has 0 unspecified atom stereocenters. The quantitative estimate of drug-likeness (QED) is 0.869. The van der Waals surface area contributed by atoms with Crippen molar-refractivity contribution in [1.82, 2.24) is 10.6 Å². The second-order valence-corrected chi connectivity index (χ2v) is 8.38. The van der Waals surface area contributed by atoms with Gasteiger partial charge in [0.25, 0.3) is 5.91 Å². The Morgan fingerprint density at radius 1 is 1.09 bits per heavy atom. The first kappa shape index (κ1) is 15.6. The molecular weight excluding hydrogens is 332 g/mol. The van der Waals surface area contributed by atoms with Crippen LogP contribution in [-0.2, 0) is 0 Å². The molecule has 23 heavy (non-hydrogen) atoms. The van der Waals surface area contributed by atoms with E-state index < -0.39 is 0 Å². The van der Waals surface area contributed by atoms with Gasteiger partial charge in [-0.25, -0.2) is 0 Å². The van der Waals surface area contributed by atoms with Crippen LogP contribution in [0.5, 0.6) is 11.5 Å². The maximum atomic E-state index is 12.6. The van der Waals surface area contributed by atoms with E-state index in [4.69, 9.17) is 9.47 Å². The van der Waals surface area contributed by atoms with Crippen molar-refractivity contribution in [2.24, 2.45) is 0 Å². The van der Waals surface area contributed by atoms with Crippen LogP contribution in [0.1, 0.15) is 35.4 Å². The molecular formula is C16H22N2O3S2. The molecule has 0 radical (unpaired) electrons. The second kappa shape index (κ2) is 6.91. The van der Waals surface area contributed by atoms with Crippen molar-refractivity contribution >= 4 is 29.0 Å². The van der Waals surface area contributed by atoms with Gasteiger partial charge in [0.2, 0.25) is 0 Å². The lowest BCUT2D eigenvalue weighted by Crippen LogP contribution is -2.59. The summed E-state index contributed by atoms with van der Waals surface area (Å²) < 4.78 is 11.1. The zero-order valence-corrected chi connectivity index (χ0v) is 14.6. The van der Waals surface area contributed by atoms with E-state index in [-0.39, 0.29) is 11.9 Å². The van der Waals surface area contributed by atoms with Gasteiger partial charge >= 0.3 is 0 Å². The third-order valence-electron chi connectivity index (χ3n) is 4.77. The summed E-state index contributed by atoms with van der Waals surface area (Å²) in [5, 5.41) is 8.78. The standard InChI is InChI=1S/C16H22N2O3S2/c19-16(15-14-13(9-23-15)20-5-6-21-14)18-12-2-1-11(12)17-10-3-7-22-8-4-10/h9-12,17H,1-8H2,(H,18,19)/t11-,12+/m1/s1. The summed E-state index contributed by atoms with van der Waals surface area (Å²) >= 11 is 3.44. The molecule has 1 saturated carbocycles. The van der Waals surface area contributed by atoms with Gasteiger partial charge in [0.05, 0.1) is 0 Å². The number of thiophene rings is 1. The largest absolute Gasteiger partial charge is 0.485 e. The number of rotatable bonds is 4. The molecule has 7 heteroatoms. The number of ether oxygens (including phenoxy) is 2. The third kappa shape index (κ3) is 3.32. The van der Waals surface area contributed by atoms with Crippen LogP contribution in [0.15, 0.2) is 5.38 Å². The molecule has 3 heterocycles. The van der Waals surface area contributed by atoms with Gasteiger partial charge in [0.1, 0.15) is 18.1 Å². The molecule has 0 spiro atoms. The molecule has 2 fully saturated rings. The normalized spacial score (nSPS) is 27.3. The van der Waals surface area contributed by atoms with Crippen LogP contribution < -0.4 is 20.1 Å². The second-order valence-electron chi connectivity index (χ2n) is 6.27. The van der Waals surface area contributed by atoms with E-state index in [1.165, 1.54) is 35.7 Å². The molecule has 1 aromatic heterocycles. The lowest BCUT2D eigenvalue weighted by Gasteiger charge is -2.41. The van der Waals surface area contributed by atoms with Crippen LogP contribution in [0, 0.1) is 0 Å². The number of amides is 1. The van der Waals surface area contributed by atoms with E-state index in [1.54, 1.807) is 0 Å². The minimum Gasteiger partial charge on any atom is -0.485 e. The van der Waals surface area contributed by atoms with Crippen molar-refractivity contribution in [2.45, 2.75) is 43.8 Å². The molecule has 2 N–H and O–H groups in total. The zero-order chi connectivity index (χ0) is 15.6. The predicted molar refractivity (Wildman–Crippen MR) is 93.1 cm³/mol. The third-order valence-corrected chi connectivity index (χ3v) is 6.76. The summed E-state index contributed by atoms with van der Waals surface area (Å²) in [5.74, 6) is 3.79. The van der Waals surface area contributed by atoms with Crippen LogP contribution in [0.2, 0.25) is 0 Å². The molecule has 1 saturated heterocycles. The molecule has 3 aliphatic rings. The number of nitrogens with one attached hydrogen (secondary N) is 2. The van der Waals surface area contributed by atoms with Gasteiger partial charge in [-0.05, 0) is 37.2 Å².